The van der Waals surface area contributed by atoms with E-state index >= 15 is 0 Å². The lowest BCUT2D eigenvalue weighted by Gasteiger charge is -2.18. The van der Waals surface area contributed by atoms with Crippen molar-refractivity contribution in [1.29, 1.82) is 0 Å². The highest BCUT2D eigenvalue weighted by Crippen LogP contribution is 2.27. The fraction of sp³-hybridized carbons (Fsp3) is 0.350. The summed E-state index contributed by atoms with van der Waals surface area (Å²) in [5.74, 6) is 0.657. The van der Waals surface area contributed by atoms with Crippen molar-refractivity contribution in [2.24, 2.45) is 0 Å². The fourth-order valence-corrected chi connectivity index (χ4v) is 3.07. The molecule has 1 heterocycles. The highest BCUT2D eigenvalue weighted by Gasteiger charge is 2.27. The summed E-state index contributed by atoms with van der Waals surface area (Å²) in [5.41, 5.74) is 5.13. The number of Topliss-reactive ketones (excluding diaryl/α,β-unsaturated/α-hetero) is 2. The van der Waals surface area contributed by atoms with Crippen molar-refractivity contribution in [1.82, 2.24) is 4.98 Å². The van der Waals surface area contributed by atoms with Crippen LogP contribution in [0.1, 0.15) is 45.1 Å². The van der Waals surface area contributed by atoms with E-state index in [9.17, 15) is 9.59 Å². The molecule has 0 radical (unpaired) electrons. The van der Waals surface area contributed by atoms with Gasteiger partial charge in [-0.05, 0) is 58.2 Å². The van der Waals surface area contributed by atoms with Gasteiger partial charge in [-0.1, -0.05) is 6.07 Å². The van der Waals surface area contributed by atoms with Gasteiger partial charge in [-0.25, -0.2) is 4.98 Å². The summed E-state index contributed by atoms with van der Waals surface area (Å²) in [7, 11) is 0. The first-order chi connectivity index (χ1) is 11.4. The summed E-state index contributed by atoms with van der Waals surface area (Å²) < 4.78 is 5.74. The van der Waals surface area contributed by atoms with E-state index in [1.54, 1.807) is 20.8 Å². The third kappa shape index (κ3) is 2.84. The van der Waals surface area contributed by atoms with Crippen LogP contribution >= 0.6 is 0 Å². The topological polar surface area (TPSA) is 60.2 Å². The number of aryl methyl sites for hydroxylation is 2. The molecule has 1 aliphatic rings. The highest BCUT2D eigenvalue weighted by molar-refractivity contribution is 6.24. The van der Waals surface area contributed by atoms with Gasteiger partial charge < -0.3 is 4.42 Å². The molecule has 1 aromatic carbocycles. The molecule has 0 N–H and O–H groups in total. The molecule has 0 amide bonds. The maximum atomic E-state index is 12.4. The van der Waals surface area contributed by atoms with E-state index in [2.05, 4.69) is 4.98 Å². The largest absolute Gasteiger partial charge is 0.441 e. The van der Waals surface area contributed by atoms with Crippen molar-refractivity contribution in [2.75, 3.05) is 0 Å². The summed E-state index contributed by atoms with van der Waals surface area (Å²) in [4.78, 5) is 29.1. The molecular formula is C20H21NO3. The Hall–Kier alpha value is -2.49. The first-order valence-corrected chi connectivity index (χ1v) is 8.21. The Morgan fingerprint density at radius 2 is 1.62 bits per heavy atom. The van der Waals surface area contributed by atoms with E-state index in [1.165, 1.54) is 0 Å². The number of nitrogens with zero attached hydrogens (tertiary/aromatic N) is 1. The number of hydrogen-bond donors (Lipinski definition) is 0. The Balaban J connectivity index is 1.71. The number of aromatic nitrogens is 1. The average Bonchev–Trinajstić information content (AvgIpc) is 2.96. The maximum Gasteiger partial charge on any atom is 0.195 e. The van der Waals surface area contributed by atoms with Gasteiger partial charge in [0.1, 0.15) is 5.52 Å². The van der Waals surface area contributed by atoms with Gasteiger partial charge in [-0.2, -0.15) is 0 Å². The molecule has 0 unspecified atom stereocenters. The average molecular weight is 323 g/mol. The molecule has 0 atom stereocenters. The fourth-order valence-electron chi connectivity index (χ4n) is 3.07. The minimum absolute atomic E-state index is 0.00205. The minimum atomic E-state index is -0.0144. The quantitative estimate of drug-likeness (QED) is 0.789. The first-order valence-electron chi connectivity index (χ1n) is 8.21. The zero-order chi connectivity index (χ0) is 17.4. The van der Waals surface area contributed by atoms with Crippen LogP contribution in [0.2, 0.25) is 0 Å². The molecule has 4 nitrogen and oxygen atoms in total. The molecule has 1 aliphatic carbocycles. The van der Waals surface area contributed by atoms with Gasteiger partial charge in [-0.3, -0.25) is 9.59 Å². The molecular weight excluding hydrogens is 302 g/mol. The Labute approximate surface area is 141 Å². The second-order valence-electron chi connectivity index (χ2n) is 6.44. The van der Waals surface area contributed by atoms with E-state index < -0.39 is 0 Å². The molecule has 0 saturated carbocycles. The Kier molecular flexibility index (Phi) is 4.22. The number of hydrogen-bond acceptors (Lipinski definition) is 4. The summed E-state index contributed by atoms with van der Waals surface area (Å²) in [6.07, 6.45) is 1.94. The molecule has 3 rings (SSSR count). The van der Waals surface area contributed by atoms with Gasteiger partial charge in [0.25, 0.3) is 0 Å². The van der Waals surface area contributed by atoms with Crippen molar-refractivity contribution in [2.45, 2.75) is 47.0 Å². The van der Waals surface area contributed by atoms with Crippen molar-refractivity contribution >= 4 is 22.7 Å². The van der Waals surface area contributed by atoms with Gasteiger partial charge in [0, 0.05) is 28.7 Å². The number of benzene rings is 1. The van der Waals surface area contributed by atoms with Crippen molar-refractivity contribution in [3.63, 3.8) is 0 Å². The Morgan fingerprint density at radius 3 is 2.38 bits per heavy atom. The number of fused-ring (bicyclic) bond motifs is 1. The number of allylic oxidation sites excluding steroid dienone is 4. The van der Waals surface area contributed by atoms with Gasteiger partial charge in [-0.15, -0.1) is 0 Å². The van der Waals surface area contributed by atoms with Crippen LogP contribution in [-0.4, -0.2) is 16.6 Å². The van der Waals surface area contributed by atoms with E-state index in [0.717, 1.165) is 23.1 Å². The van der Waals surface area contributed by atoms with Crippen LogP contribution in [0.3, 0.4) is 0 Å². The molecule has 0 fully saturated rings. The van der Waals surface area contributed by atoms with Crippen LogP contribution in [0.15, 0.2) is 44.9 Å². The lowest BCUT2D eigenvalue weighted by molar-refractivity contribution is -0.116. The van der Waals surface area contributed by atoms with Crippen LogP contribution in [0.25, 0.3) is 11.1 Å². The van der Waals surface area contributed by atoms with Gasteiger partial charge >= 0.3 is 0 Å². The van der Waals surface area contributed by atoms with E-state index in [-0.39, 0.29) is 11.6 Å². The standard InChI is InChI=1S/C20H21NO3/c1-11-8-9-17-16(10-11)21-18(24-17)7-5-6-15-14(4)19(22)12(2)13(3)20(15)23/h8-10H,5-7H2,1-4H3. The number of ketones is 2. The predicted molar refractivity (Wildman–Crippen MR) is 92.8 cm³/mol. The minimum Gasteiger partial charge on any atom is -0.441 e. The smallest absolute Gasteiger partial charge is 0.195 e. The molecule has 124 valence electrons. The molecule has 0 aliphatic heterocycles. The zero-order valence-corrected chi connectivity index (χ0v) is 14.5. The number of rotatable bonds is 4. The zero-order valence-electron chi connectivity index (χ0n) is 14.5. The summed E-state index contributed by atoms with van der Waals surface area (Å²) in [5, 5.41) is 0. The second-order valence-corrected chi connectivity index (χ2v) is 6.44. The van der Waals surface area contributed by atoms with Crippen LogP contribution in [0.5, 0.6) is 0 Å². The number of carbonyl (C=O) groups excluding carboxylic acids is 2. The third-order valence-electron chi connectivity index (χ3n) is 4.72. The maximum absolute atomic E-state index is 12.4. The predicted octanol–water partition coefficient (Wildman–Crippen LogP) is 4.26. The van der Waals surface area contributed by atoms with Gasteiger partial charge in [0.2, 0.25) is 0 Å². The summed E-state index contributed by atoms with van der Waals surface area (Å²) >= 11 is 0. The first kappa shape index (κ1) is 16.4. The van der Waals surface area contributed by atoms with E-state index in [4.69, 9.17) is 4.42 Å². The van der Waals surface area contributed by atoms with Crippen LogP contribution in [0, 0.1) is 6.92 Å². The van der Waals surface area contributed by atoms with Crippen molar-refractivity contribution in [3.05, 3.63) is 51.9 Å². The Morgan fingerprint density at radius 1 is 0.917 bits per heavy atom. The number of carbonyl (C=O) groups is 2. The monoisotopic (exact) mass is 323 g/mol. The van der Waals surface area contributed by atoms with E-state index in [1.807, 2.05) is 25.1 Å². The second kappa shape index (κ2) is 6.19. The third-order valence-corrected chi connectivity index (χ3v) is 4.72. The van der Waals surface area contributed by atoms with Crippen LogP contribution < -0.4 is 0 Å². The van der Waals surface area contributed by atoms with Crippen LogP contribution in [-0.2, 0) is 16.0 Å². The van der Waals surface area contributed by atoms with Gasteiger partial charge in [0.15, 0.2) is 23.0 Å². The number of oxazole rings is 1. The normalized spacial score (nSPS) is 15.8. The molecule has 4 heteroatoms. The van der Waals surface area contributed by atoms with Crippen molar-refractivity contribution in [3.8, 4) is 0 Å². The summed E-state index contributed by atoms with van der Waals surface area (Å²) in [6, 6.07) is 5.92. The highest BCUT2D eigenvalue weighted by atomic mass is 16.3. The molecule has 0 saturated heterocycles. The Bertz CT molecular complexity index is 912. The SMILES string of the molecule is CC1=C(C)C(=O)C(CCCc2nc3cc(C)ccc3o2)=C(C)C1=O. The van der Waals surface area contributed by atoms with Gasteiger partial charge in [0.05, 0.1) is 0 Å². The lowest BCUT2D eigenvalue weighted by atomic mass is 9.84. The molecule has 0 bridgehead atoms. The molecule has 2 aromatic rings. The molecule has 0 spiro atoms. The molecule has 24 heavy (non-hydrogen) atoms. The van der Waals surface area contributed by atoms with Crippen molar-refractivity contribution < 1.29 is 14.0 Å². The lowest BCUT2D eigenvalue weighted by Crippen LogP contribution is -2.20. The summed E-state index contributed by atoms with van der Waals surface area (Å²) in [6.45, 7) is 7.21. The molecule has 1 aromatic heterocycles. The van der Waals surface area contributed by atoms with E-state index in [0.29, 0.717) is 41.0 Å². The van der Waals surface area contributed by atoms with Crippen LogP contribution in [0.4, 0.5) is 0 Å².